The molecule has 278 valence electrons. The number of pyridine rings is 2. The Balaban J connectivity index is 0.000000381. The zero-order valence-corrected chi connectivity index (χ0v) is 27.5. The summed E-state index contributed by atoms with van der Waals surface area (Å²) in [5.74, 6) is -4.73. The fraction of sp³-hybridized carbons (Fsp3) is 0.242. The van der Waals surface area contributed by atoms with Crippen LogP contribution < -0.4 is 10.6 Å². The number of carboxylic acids is 2. The molecule has 1 aromatic carbocycles. The van der Waals surface area contributed by atoms with Gasteiger partial charge in [0.25, 0.3) is 0 Å². The van der Waals surface area contributed by atoms with Gasteiger partial charge in [0.2, 0.25) is 5.91 Å². The molecule has 0 bridgehead atoms. The number of amides is 1. The van der Waals surface area contributed by atoms with Gasteiger partial charge in [0.1, 0.15) is 17.9 Å². The summed E-state index contributed by atoms with van der Waals surface area (Å²) in [7, 11) is 1.88. The lowest BCUT2D eigenvalue weighted by molar-refractivity contribution is -0.193. The number of aliphatic carboxylic acids is 2. The molecule has 0 aliphatic carbocycles. The molecule has 1 unspecified atom stereocenters. The van der Waals surface area contributed by atoms with Crippen LogP contribution in [-0.2, 0) is 21.4 Å². The lowest BCUT2D eigenvalue weighted by Gasteiger charge is -2.36. The van der Waals surface area contributed by atoms with E-state index in [0.717, 1.165) is 39.2 Å². The van der Waals surface area contributed by atoms with Crippen LogP contribution in [0, 0.1) is 11.3 Å². The molecule has 1 saturated heterocycles. The third kappa shape index (κ3) is 9.85. The number of alkyl halides is 6. The molecule has 1 amide bonds. The molecule has 0 saturated carbocycles. The number of nitrogens with zero attached hydrogens (tertiary/aromatic N) is 8. The molecule has 6 rings (SSSR count). The van der Waals surface area contributed by atoms with E-state index in [2.05, 4.69) is 21.2 Å². The van der Waals surface area contributed by atoms with Crippen molar-refractivity contribution in [2.24, 2.45) is 12.8 Å². The van der Waals surface area contributed by atoms with Crippen molar-refractivity contribution in [3.63, 3.8) is 0 Å². The molecule has 20 heteroatoms. The van der Waals surface area contributed by atoms with Crippen LogP contribution >= 0.6 is 0 Å². The van der Waals surface area contributed by atoms with Crippen LogP contribution in [0.15, 0.2) is 79.5 Å². The van der Waals surface area contributed by atoms with Gasteiger partial charge in [-0.2, -0.15) is 41.8 Å². The van der Waals surface area contributed by atoms with Crippen LogP contribution in [0.3, 0.4) is 0 Å². The Bertz CT molecular complexity index is 2080. The molecule has 4 aromatic heterocycles. The van der Waals surface area contributed by atoms with Crippen molar-refractivity contribution in [3.05, 3.63) is 90.6 Å². The van der Waals surface area contributed by atoms with E-state index in [9.17, 15) is 36.4 Å². The van der Waals surface area contributed by atoms with Crippen molar-refractivity contribution >= 4 is 29.2 Å². The van der Waals surface area contributed by atoms with Crippen molar-refractivity contribution in [3.8, 4) is 28.3 Å². The Labute approximate surface area is 295 Å². The molecule has 1 fully saturated rings. The first-order valence-electron chi connectivity index (χ1n) is 15.2. The predicted octanol–water partition coefficient (Wildman–Crippen LogP) is 4.28. The molecule has 5 aromatic rings. The average Bonchev–Trinajstić information content (AvgIpc) is 3.77. The number of aryl methyl sites for hydroxylation is 1. The van der Waals surface area contributed by atoms with Crippen molar-refractivity contribution in [1.29, 1.82) is 5.26 Å². The highest BCUT2D eigenvalue weighted by Gasteiger charge is 2.39. The molecule has 14 nitrogen and oxygen atoms in total. The van der Waals surface area contributed by atoms with Gasteiger partial charge in [-0.1, -0.05) is 30.3 Å². The molecule has 53 heavy (non-hydrogen) atoms. The number of carbonyl (C=O) groups is 3. The number of hydrogen-bond acceptors (Lipinski definition) is 9. The maximum Gasteiger partial charge on any atom is 0.490 e. The Hall–Kier alpha value is -6.49. The number of rotatable bonds is 5. The number of anilines is 1. The second kappa shape index (κ2) is 16.2. The van der Waals surface area contributed by atoms with Gasteiger partial charge in [-0.25, -0.2) is 19.1 Å². The molecular weight excluding hydrogens is 716 g/mol. The maximum atomic E-state index is 12.9. The van der Waals surface area contributed by atoms with Crippen LogP contribution in [0.1, 0.15) is 17.2 Å². The van der Waals surface area contributed by atoms with Crippen molar-refractivity contribution in [2.45, 2.75) is 18.4 Å². The number of nitriles is 1. The normalized spacial score (nSPS) is 13.6. The summed E-state index contributed by atoms with van der Waals surface area (Å²) in [6, 6.07) is 17.1. The van der Waals surface area contributed by atoms with Crippen molar-refractivity contribution in [1.82, 2.24) is 29.3 Å². The minimum absolute atomic E-state index is 0.0595. The topological polar surface area (TPSA) is 196 Å². The highest BCUT2D eigenvalue weighted by atomic mass is 19.4. The Kier molecular flexibility index (Phi) is 12.0. The van der Waals surface area contributed by atoms with Gasteiger partial charge in [-0.15, -0.1) is 0 Å². The lowest BCUT2D eigenvalue weighted by atomic mass is 10.0. The van der Waals surface area contributed by atoms with Crippen LogP contribution in [0.25, 0.3) is 27.8 Å². The van der Waals surface area contributed by atoms with E-state index >= 15 is 0 Å². The van der Waals surface area contributed by atoms with Gasteiger partial charge in [0, 0.05) is 74.1 Å². The van der Waals surface area contributed by atoms with Crippen LogP contribution in [0.4, 0.5) is 32.2 Å². The summed E-state index contributed by atoms with van der Waals surface area (Å²) >= 11 is 0. The van der Waals surface area contributed by atoms with Crippen molar-refractivity contribution in [2.75, 3.05) is 31.1 Å². The third-order valence-electron chi connectivity index (χ3n) is 7.65. The molecule has 0 spiro atoms. The number of hydrogen-bond donors (Lipinski definition) is 3. The first-order valence-corrected chi connectivity index (χ1v) is 15.2. The largest absolute Gasteiger partial charge is 0.490 e. The van der Waals surface area contributed by atoms with Gasteiger partial charge in [0.15, 0.2) is 0 Å². The fourth-order valence-corrected chi connectivity index (χ4v) is 5.04. The van der Waals surface area contributed by atoms with Crippen molar-refractivity contribution < 1.29 is 50.9 Å². The standard InChI is InChI=1S/C29H27N9O.2C2HF3O2/c1-35-18-24(17-33-35)22-13-25(28-23(14-30)16-34-38(28)19-22)21-7-8-26(32-15-21)36-9-11-37(12-10-36)29(39)27(31)20-5-3-2-4-6-20;2*3-2(4,5)1(6)7/h2-8,13,15-19,27H,9-12,31H2,1H3;2*(H,6,7). The van der Waals surface area contributed by atoms with E-state index in [1.54, 1.807) is 21.6 Å². The number of aromatic nitrogens is 5. The zero-order valence-electron chi connectivity index (χ0n) is 27.5. The Morgan fingerprint density at radius 1 is 0.830 bits per heavy atom. The predicted molar refractivity (Wildman–Crippen MR) is 175 cm³/mol. The summed E-state index contributed by atoms with van der Waals surface area (Å²) in [5.41, 5.74) is 12.0. The number of carboxylic acid groups (broad SMARTS) is 2. The Morgan fingerprint density at radius 3 is 1.92 bits per heavy atom. The number of fused-ring (bicyclic) bond motifs is 1. The number of nitrogens with two attached hydrogens (primary N) is 1. The third-order valence-corrected chi connectivity index (χ3v) is 7.65. The number of benzene rings is 1. The molecule has 1 atom stereocenters. The molecule has 0 radical (unpaired) electrons. The summed E-state index contributed by atoms with van der Waals surface area (Å²) in [6.45, 7) is 2.50. The smallest absolute Gasteiger partial charge is 0.475 e. The van der Waals surface area contributed by atoms with Gasteiger partial charge < -0.3 is 25.7 Å². The average molecular weight is 746 g/mol. The first kappa shape index (κ1) is 39.3. The van der Waals surface area contributed by atoms with Gasteiger partial charge in [-0.3, -0.25) is 9.48 Å². The van der Waals surface area contributed by atoms with Crippen LogP contribution in [0.5, 0.6) is 0 Å². The van der Waals surface area contributed by atoms with Gasteiger partial charge in [-0.05, 0) is 23.8 Å². The van der Waals surface area contributed by atoms with E-state index in [-0.39, 0.29) is 5.91 Å². The van der Waals surface area contributed by atoms with Gasteiger partial charge >= 0.3 is 24.3 Å². The van der Waals surface area contributed by atoms with Crippen LogP contribution in [-0.4, -0.2) is 95.9 Å². The fourth-order valence-electron chi connectivity index (χ4n) is 5.04. The van der Waals surface area contributed by atoms with E-state index in [0.29, 0.717) is 31.7 Å². The van der Waals surface area contributed by atoms with E-state index in [4.69, 9.17) is 30.5 Å². The number of piperazine rings is 1. The SMILES string of the molecule is Cn1cc(-c2cc(-c3ccc(N4CCN(C(=O)C(N)c5ccccc5)CC4)nc3)c3c(C#N)cnn3c2)cn1.O=C(O)C(F)(F)F.O=C(O)C(F)(F)F. The van der Waals surface area contributed by atoms with Gasteiger partial charge in [0.05, 0.1) is 23.5 Å². The Morgan fingerprint density at radius 2 is 1.43 bits per heavy atom. The summed E-state index contributed by atoms with van der Waals surface area (Å²) < 4.78 is 67.0. The molecule has 1 aliphatic heterocycles. The first-order chi connectivity index (χ1) is 24.9. The highest BCUT2D eigenvalue weighted by molar-refractivity contribution is 5.87. The minimum atomic E-state index is -5.08. The summed E-state index contributed by atoms with van der Waals surface area (Å²) in [5, 5.41) is 32.6. The number of carbonyl (C=O) groups excluding carboxylic acids is 1. The molecule has 4 N–H and O–H groups in total. The highest BCUT2D eigenvalue weighted by Crippen LogP contribution is 2.32. The second-order valence-corrected chi connectivity index (χ2v) is 11.2. The quantitative estimate of drug-likeness (QED) is 0.217. The van der Waals surface area contributed by atoms with E-state index in [1.165, 1.54) is 0 Å². The minimum Gasteiger partial charge on any atom is -0.475 e. The molecular formula is C33H29F6N9O5. The monoisotopic (exact) mass is 745 g/mol. The second-order valence-electron chi connectivity index (χ2n) is 11.2. The molecule has 5 heterocycles. The number of halogens is 6. The van der Waals surface area contributed by atoms with E-state index in [1.807, 2.05) is 79.1 Å². The summed E-state index contributed by atoms with van der Waals surface area (Å²) in [6.07, 6.45) is -1.11. The maximum absolute atomic E-state index is 12.9. The lowest BCUT2D eigenvalue weighted by Crippen LogP contribution is -2.51. The zero-order chi connectivity index (χ0) is 39.1. The summed E-state index contributed by atoms with van der Waals surface area (Å²) in [4.78, 5) is 39.5. The molecule has 1 aliphatic rings. The van der Waals surface area contributed by atoms with Crippen LogP contribution in [0.2, 0.25) is 0 Å². The van der Waals surface area contributed by atoms with E-state index < -0.39 is 30.3 Å².